The predicted octanol–water partition coefficient (Wildman–Crippen LogP) is 3.13. The Kier molecular flexibility index (Phi) is 5.43. The number of hydrogen-bond donors (Lipinski definition) is 1. The van der Waals surface area contributed by atoms with Crippen LogP contribution in [-0.2, 0) is 15.5 Å². The van der Waals surface area contributed by atoms with E-state index >= 15 is 0 Å². The summed E-state index contributed by atoms with van der Waals surface area (Å²) in [6.07, 6.45) is 2.96. The first-order chi connectivity index (χ1) is 9.43. The highest BCUT2D eigenvalue weighted by Gasteiger charge is 2.38. The molecule has 1 amide bonds. The Hall–Kier alpha value is -2.17. The van der Waals surface area contributed by atoms with Gasteiger partial charge in [0.1, 0.15) is 0 Å². The summed E-state index contributed by atoms with van der Waals surface area (Å²) in [5, 5.41) is 0. The van der Waals surface area contributed by atoms with Crippen LogP contribution in [-0.4, -0.2) is 13.0 Å². The lowest BCUT2D eigenvalue weighted by Gasteiger charge is -2.19. The molecule has 1 rings (SSSR count). The van der Waals surface area contributed by atoms with Gasteiger partial charge < -0.3 is 10.5 Å². The van der Waals surface area contributed by atoms with Crippen molar-refractivity contribution in [3.63, 3.8) is 0 Å². The summed E-state index contributed by atoms with van der Waals surface area (Å²) in [7, 11) is 1.13. The lowest BCUT2D eigenvalue weighted by atomic mass is 10.0. The van der Waals surface area contributed by atoms with Gasteiger partial charge in [-0.1, -0.05) is 43.3 Å². The minimum absolute atomic E-state index is 0.0000406. The van der Waals surface area contributed by atoms with Gasteiger partial charge in [-0.15, -0.1) is 0 Å². The summed E-state index contributed by atoms with van der Waals surface area (Å²) >= 11 is 0. The molecule has 0 bridgehead atoms. The lowest BCUT2D eigenvalue weighted by Crippen LogP contribution is -2.20. The molecule has 0 saturated heterocycles. The van der Waals surface area contributed by atoms with E-state index in [4.69, 9.17) is 10.5 Å². The monoisotopic (exact) mass is 281 g/mol. The van der Waals surface area contributed by atoms with E-state index in [0.29, 0.717) is 6.42 Å². The van der Waals surface area contributed by atoms with Crippen molar-refractivity contribution >= 4 is 5.91 Å². The number of halogens is 2. The van der Waals surface area contributed by atoms with Crippen LogP contribution in [0.15, 0.2) is 53.8 Å². The van der Waals surface area contributed by atoms with Gasteiger partial charge in [0.05, 0.1) is 7.11 Å². The van der Waals surface area contributed by atoms with Crippen LogP contribution in [0.5, 0.6) is 0 Å². The second-order valence-corrected chi connectivity index (χ2v) is 4.09. The highest BCUT2D eigenvalue weighted by Crippen LogP contribution is 2.36. The number of benzene rings is 1. The van der Waals surface area contributed by atoms with Gasteiger partial charge in [-0.2, -0.15) is 8.78 Å². The van der Waals surface area contributed by atoms with Gasteiger partial charge in [0, 0.05) is 11.1 Å². The Morgan fingerprint density at radius 3 is 2.40 bits per heavy atom. The van der Waals surface area contributed by atoms with Crippen molar-refractivity contribution in [2.24, 2.45) is 5.73 Å². The minimum atomic E-state index is -3.34. The topological polar surface area (TPSA) is 52.3 Å². The number of amides is 1. The highest BCUT2D eigenvalue weighted by molar-refractivity contribution is 5.94. The smallest absolute Gasteiger partial charge is 0.329 e. The third-order valence-electron chi connectivity index (χ3n) is 2.66. The summed E-state index contributed by atoms with van der Waals surface area (Å²) in [6, 6.07) is 7.24. The fourth-order valence-corrected chi connectivity index (χ4v) is 1.66. The number of alkyl halides is 2. The zero-order chi connectivity index (χ0) is 15.2. The van der Waals surface area contributed by atoms with E-state index in [1.165, 1.54) is 30.3 Å². The number of nitrogens with two attached hydrogens (primary N) is 1. The molecule has 0 aliphatic carbocycles. The average Bonchev–Trinajstić information content (AvgIpc) is 2.43. The summed E-state index contributed by atoms with van der Waals surface area (Å²) in [6.45, 7) is 1.78. The standard InChI is InChI=1S/C15H17F2NO2/c1-3-7-11(14(18)19)10-13(20-2)15(16,17)12-8-5-4-6-9-12/h4-10H,3H2,1-2H3,(H2,18,19)/b11-7-,13-10-. The molecule has 1 aromatic rings. The number of methoxy groups -OCH3 is 1. The molecule has 0 fully saturated rings. The molecule has 2 N–H and O–H groups in total. The number of allylic oxidation sites excluding steroid dienone is 2. The maximum Gasteiger partial charge on any atom is 0.329 e. The molecule has 0 unspecified atom stereocenters. The van der Waals surface area contributed by atoms with Crippen LogP contribution in [0, 0.1) is 0 Å². The number of ether oxygens (including phenoxy) is 1. The van der Waals surface area contributed by atoms with Gasteiger partial charge in [-0.05, 0) is 12.5 Å². The van der Waals surface area contributed by atoms with Crippen molar-refractivity contribution < 1.29 is 18.3 Å². The molecule has 20 heavy (non-hydrogen) atoms. The molecule has 1 aromatic carbocycles. The van der Waals surface area contributed by atoms with Crippen molar-refractivity contribution in [1.29, 1.82) is 0 Å². The first kappa shape index (κ1) is 15.9. The number of primary amides is 1. The Balaban J connectivity index is 3.24. The van der Waals surface area contributed by atoms with E-state index < -0.39 is 17.6 Å². The van der Waals surface area contributed by atoms with Crippen molar-refractivity contribution in [3.05, 3.63) is 59.4 Å². The van der Waals surface area contributed by atoms with Crippen molar-refractivity contribution in [2.75, 3.05) is 7.11 Å². The van der Waals surface area contributed by atoms with Gasteiger partial charge in [0.15, 0.2) is 5.76 Å². The minimum Gasteiger partial charge on any atom is -0.494 e. The Morgan fingerprint density at radius 1 is 1.35 bits per heavy atom. The van der Waals surface area contributed by atoms with Crippen molar-refractivity contribution in [3.8, 4) is 0 Å². The van der Waals surface area contributed by atoms with Crippen LogP contribution < -0.4 is 5.73 Å². The van der Waals surface area contributed by atoms with Crippen LogP contribution >= 0.6 is 0 Å². The summed E-state index contributed by atoms with van der Waals surface area (Å²) < 4.78 is 33.4. The molecule has 0 heterocycles. The van der Waals surface area contributed by atoms with E-state index in [2.05, 4.69) is 0 Å². The maximum absolute atomic E-state index is 14.3. The third kappa shape index (κ3) is 3.66. The Bertz CT molecular complexity index is 522. The Morgan fingerprint density at radius 2 is 1.95 bits per heavy atom. The van der Waals surface area contributed by atoms with Crippen LogP contribution in [0.4, 0.5) is 8.78 Å². The molecular weight excluding hydrogens is 264 g/mol. The number of rotatable bonds is 6. The first-order valence-corrected chi connectivity index (χ1v) is 6.13. The zero-order valence-corrected chi connectivity index (χ0v) is 11.4. The SMILES string of the molecule is CC/C=C(/C=C(\OC)C(F)(F)c1ccccc1)C(N)=O. The molecule has 0 aliphatic rings. The van der Waals surface area contributed by atoms with E-state index in [1.807, 2.05) is 0 Å². The van der Waals surface area contributed by atoms with Crippen LogP contribution in [0.25, 0.3) is 0 Å². The summed E-state index contributed by atoms with van der Waals surface area (Å²) in [4.78, 5) is 11.2. The molecule has 3 nitrogen and oxygen atoms in total. The largest absolute Gasteiger partial charge is 0.494 e. The van der Waals surface area contributed by atoms with Gasteiger partial charge >= 0.3 is 5.92 Å². The van der Waals surface area contributed by atoms with Gasteiger partial charge in [0.2, 0.25) is 5.91 Å². The molecule has 0 atom stereocenters. The van der Waals surface area contributed by atoms with Crippen LogP contribution in [0.2, 0.25) is 0 Å². The van der Waals surface area contributed by atoms with Crippen LogP contribution in [0.1, 0.15) is 18.9 Å². The van der Waals surface area contributed by atoms with Crippen LogP contribution in [0.3, 0.4) is 0 Å². The number of carbonyl (C=O) groups excluding carboxylic acids is 1. The van der Waals surface area contributed by atoms with E-state index in [-0.39, 0.29) is 11.1 Å². The fraction of sp³-hybridized carbons (Fsp3) is 0.267. The van der Waals surface area contributed by atoms with E-state index in [9.17, 15) is 13.6 Å². The average molecular weight is 281 g/mol. The quantitative estimate of drug-likeness (QED) is 0.495. The second kappa shape index (κ2) is 6.84. The Labute approximate surface area is 116 Å². The van der Waals surface area contributed by atoms with Crippen molar-refractivity contribution in [1.82, 2.24) is 0 Å². The lowest BCUT2D eigenvalue weighted by molar-refractivity contribution is -0.114. The molecular formula is C15H17F2NO2. The summed E-state index contributed by atoms with van der Waals surface area (Å²) in [5.41, 5.74) is 4.94. The normalized spacial score (nSPS) is 13.2. The van der Waals surface area contributed by atoms with Gasteiger partial charge in [-0.3, -0.25) is 4.79 Å². The highest BCUT2D eigenvalue weighted by atomic mass is 19.3. The predicted molar refractivity (Wildman–Crippen MR) is 73.0 cm³/mol. The van der Waals surface area contributed by atoms with E-state index in [1.54, 1.807) is 13.0 Å². The molecule has 0 saturated carbocycles. The van der Waals surface area contributed by atoms with E-state index in [0.717, 1.165) is 13.2 Å². The number of carbonyl (C=O) groups is 1. The molecule has 0 radical (unpaired) electrons. The van der Waals surface area contributed by atoms with Gasteiger partial charge in [0.25, 0.3) is 0 Å². The molecule has 0 spiro atoms. The summed E-state index contributed by atoms with van der Waals surface area (Å²) in [5.74, 6) is -4.73. The molecule has 0 aliphatic heterocycles. The molecule has 5 heteroatoms. The second-order valence-electron chi connectivity index (χ2n) is 4.09. The van der Waals surface area contributed by atoms with Gasteiger partial charge in [-0.25, -0.2) is 0 Å². The third-order valence-corrected chi connectivity index (χ3v) is 2.66. The first-order valence-electron chi connectivity index (χ1n) is 6.13. The maximum atomic E-state index is 14.3. The van der Waals surface area contributed by atoms with Crippen molar-refractivity contribution in [2.45, 2.75) is 19.3 Å². The molecule has 108 valence electrons. The molecule has 0 aromatic heterocycles. The zero-order valence-electron chi connectivity index (χ0n) is 11.4. The number of hydrogen-bond acceptors (Lipinski definition) is 2. The fourth-order valence-electron chi connectivity index (χ4n) is 1.66.